The van der Waals surface area contributed by atoms with Gasteiger partial charge in [-0.3, -0.25) is 9.59 Å². The van der Waals surface area contributed by atoms with Crippen LogP contribution in [0.5, 0.6) is 11.5 Å². The summed E-state index contributed by atoms with van der Waals surface area (Å²) in [5.74, 6) is -1.56. The molecule has 2 aromatic rings. The predicted octanol–water partition coefficient (Wildman–Crippen LogP) is 3.62. The van der Waals surface area contributed by atoms with Crippen molar-refractivity contribution in [3.63, 3.8) is 0 Å². The second-order valence-electron chi connectivity index (χ2n) is 6.04. The highest BCUT2D eigenvalue weighted by atomic mass is 35.5. The lowest BCUT2D eigenvalue weighted by Crippen LogP contribution is -2.40. The number of anilines is 1. The van der Waals surface area contributed by atoms with Crippen molar-refractivity contribution < 1.29 is 23.8 Å². The van der Waals surface area contributed by atoms with Crippen molar-refractivity contribution in [2.75, 3.05) is 26.1 Å². The molecule has 2 unspecified atom stereocenters. The topological polar surface area (TPSA) is 73.9 Å². The molecule has 0 fully saturated rings. The molecule has 0 saturated heterocycles. The molecule has 142 valence electrons. The van der Waals surface area contributed by atoms with E-state index in [0.717, 1.165) is 11.1 Å². The van der Waals surface area contributed by atoms with Crippen LogP contribution in [-0.4, -0.2) is 32.7 Å². The molecule has 1 amide bonds. The maximum Gasteiger partial charge on any atom is 0.319 e. The molecule has 6 nitrogen and oxygen atoms in total. The van der Waals surface area contributed by atoms with Crippen LogP contribution in [0, 0.1) is 5.92 Å². The fraction of sp³-hybridized carbons (Fsp3) is 0.300. The second kappa shape index (κ2) is 7.88. The Labute approximate surface area is 162 Å². The smallest absolute Gasteiger partial charge is 0.319 e. The van der Waals surface area contributed by atoms with Crippen LogP contribution in [0.2, 0.25) is 5.02 Å². The van der Waals surface area contributed by atoms with E-state index < -0.39 is 23.7 Å². The van der Waals surface area contributed by atoms with E-state index in [0.29, 0.717) is 22.2 Å². The zero-order valence-electron chi connectivity index (χ0n) is 15.2. The van der Waals surface area contributed by atoms with Crippen molar-refractivity contribution >= 4 is 29.2 Å². The zero-order valence-corrected chi connectivity index (χ0v) is 16.0. The summed E-state index contributed by atoms with van der Waals surface area (Å²) in [6.45, 7) is 1.90. The summed E-state index contributed by atoms with van der Waals surface area (Å²) in [5.41, 5.74) is 2.09. The highest BCUT2D eigenvalue weighted by Gasteiger charge is 2.43. The van der Waals surface area contributed by atoms with Gasteiger partial charge < -0.3 is 19.5 Å². The Morgan fingerprint density at radius 2 is 1.74 bits per heavy atom. The monoisotopic (exact) mass is 389 g/mol. The molecule has 0 saturated carbocycles. The summed E-state index contributed by atoms with van der Waals surface area (Å²) in [6, 6.07) is 10.5. The minimum atomic E-state index is -1.02. The summed E-state index contributed by atoms with van der Waals surface area (Å²) in [7, 11) is 3.05. The molecule has 1 N–H and O–H groups in total. The molecule has 7 heteroatoms. The summed E-state index contributed by atoms with van der Waals surface area (Å²) >= 11 is 6.01. The predicted molar refractivity (Wildman–Crippen MR) is 102 cm³/mol. The first kappa shape index (κ1) is 19.0. The van der Waals surface area contributed by atoms with Crippen LogP contribution in [0.1, 0.15) is 24.0 Å². The van der Waals surface area contributed by atoms with E-state index in [4.69, 9.17) is 25.8 Å². The van der Waals surface area contributed by atoms with Crippen molar-refractivity contribution in [2.24, 2.45) is 5.92 Å². The highest BCUT2D eigenvalue weighted by Crippen LogP contribution is 2.45. The molecule has 1 aliphatic heterocycles. The number of halogens is 1. The number of carbonyl (C=O) groups is 2. The van der Waals surface area contributed by atoms with Crippen LogP contribution >= 0.6 is 11.6 Å². The lowest BCUT2D eigenvalue weighted by atomic mass is 9.77. The molecular weight excluding hydrogens is 370 g/mol. The fourth-order valence-corrected chi connectivity index (χ4v) is 3.44. The number of fused-ring (bicyclic) bond motifs is 1. The number of nitrogens with one attached hydrogen (secondary N) is 1. The standard InChI is InChI=1S/C20H20ClNO5/c1-4-27-20(24)18-17(11-5-7-12(21)8-6-11)13-9-15(25-2)16(26-3)10-14(13)22-19(18)23/h5-10,17-18H,4H2,1-3H3,(H,22,23). The van der Waals surface area contributed by atoms with Gasteiger partial charge in [0, 0.05) is 22.7 Å². The molecule has 0 spiro atoms. The number of ether oxygens (including phenoxy) is 3. The number of hydrogen-bond acceptors (Lipinski definition) is 5. The molecular formula is C20H20ClNO5. The number of amides is 1. The first-order chi connectivity index (χ1) is 13.0. The van der Waals surface area contributed by atoms with E-state index in [1.807, 2.05) is 0 Å². The Morgan fingerprint density at radius 3 is 2.33 bits per heavy atom. The van der Waals surface area contributed by atoms with Crippen molar-refractivity contribution in [3.05, 3.63) is 52.5 Å². The quantitative estimate of drug-likeness (QED) is 0.624. The number of methoxy groups -OCH3 is 2. The van der Waals surface area contributed by atoms with Gasteiger partial charge in [0.15, 0.2) is 11.5 Å². The number of carbonyl (C=O) groups excluding carboxylic acids is 2. The molecule has 2 atom stereocenters. The summed E-state index contributed by atoms with van der Waals surface area (Å²) in [4.78, 5) is 25.3. The molecule has 0 aromatic heterocycles. The van der Waals surface area contributed by atoms with Gasteiger partial charge in [0.2, 0.25) is 5.91 Å². The van der Waals surface area contributed by atoms with Crippen molar-refractivity contribution in [2.45, 2.75) is 12.8 Å². The zero-order chi connectivity index (χ0) is 19.6. The third-order valence-corrected chi connectivity index (χ3v) is 4.79. The Kier molecular flexibility index (Phi) is 5.56. The van der Waals surface area contributed by atoms with E-state index in [9.17, 15) is 9.59 Å². The van der Waals surface area contributed by atoms with Crippen LogP contribution in [0.15, 0.2) is 36.4 Å². The van der Waals surface area contributed by atoms with Gasteiger partial charge in [0.05, 0.1) is 20.8 Å². The number of hydrogen-bond donors (Lipinski definition) is 1. The molecule has 0 bridgehead atoms. The van der Waals surface area contributed by atoms with E-state index in [1.54, 1.807) is 43.3 Å². The Bertz CT molecular complexity index is 865. The van der Waals surface area contributed by atoms with Crippen molar-refractivity contribution in [3.8, 4) is 11.5 Å². The largest absolute Gasteiger partial charge is 0.493 e. The van der Waals surface area contributed by atoms with Crippen molar-refractivity contribution in [1.82, 2.24) is 0 Å². The van der Waals surface area contributed by atoms with Crippen molar-refractivity contribution in [1.29, 1.82) is 0 Å². The Balaban J connectivity index is 2.20. The first-order valence-corrected chi connectivity index (χ1v) is 8.86. The normalized spacial score (nSPS) is 18.3. The minimum Gasteiger partial charge on any atom is -0.493 e. The third-order valence-electron chi connectivity index (χ3n) is 4.53. The fourth-order valence-electron chi connectivity index (χ4n) is 3.32. The maximum atomic E-state index is 12.8. The highest BCUT2D eigenvalue weighted by molar-refractivity contribution is 6.30. The summed E-state index contributed by atoms with van der Waals surface area (Å²) in [5, 5.41) is 3.35. The molecule has 1 aliphatic rings. The minimum absolute atomic E-state index is 0.189. The van der Waals surface area contributed by atoms with E-state index in [1.165, 1.54) is 14.2 Å². The molecule has 27 heavy (non-hydrogen) atoms. The summed E-state index contributed by atoms with van der Waals surface area (Å²) in [6.07, 6.45) is 0. The van der Waals surface area contributed by atoms with Gasteiger partial charge in [0.25, 0.3) is 0 Å². The van der Waals surface area contributed by atoms with E-state index in [-0.39, 0.29) is 6.61 Å². The Morgan fingerprint density at radius 1 is 1.11 bits per heavy atom. The molecule has 2 aromatic carbocycles. The average molecular weight is 390 g/mol. The lowest BCUT2D eigenvalue weighted by Gasteiger charge is -2.32. The lowest BCUT2D eigenvalue weighted by molar-refractivity contribution is -0.151. The van der Waals surface area contributed by atoms with Gasteiger partial charge in [-0.25, -0.2) is 0 Å². The van der Waals surface area contributed by atoms with Gasteiger partial charge in [0.1, 0.15) is 5.92 Å². The van der Waals surface area contributed by atoms with E-state index in [2.05, 4.69) is 5.32 Å². The van der Waals surface area contributed by atoms with Crippen LogP contribution < -0.4 is 14.8 Å². The van der Waals surface area contributed by atoms with Gasteiger partial charge in [-0.15, -0.1) is 0 Å². The second-order valence-corrected chi connectivity index (χ2v) is 6.48. The van der Waals surface area contributed by atoms with Gasteiger partial charge in [-0.2, -0.15) is 0 Å². The van der Waals surface area contributed by atoms with Gasteiger partial charge >= 0.3 is 5.97 Å². The number of benzene rings is 2. The first-order valence-electron chi connectivity index (χ1n) is 8.49. The van der Waals surface area contributed by atoms with Gasteiger partial charge in [-0.05, 0) is 36.2 Å². The number of esters is 1. The SMILES string of the molecule is CCOC(=O)C1C(=O)Nc2cc(OC)c(OC)cc2C1c1ccc(Cl)cc1. The number of rotatable bonds is 5. The third kappa shape index (κ3) is 3.57. The van der Waals surface area contributed by atoms with Crippen LogP contribution in [-0.2, 0) is 14.3 Å². The summed E-state index contributed by atoms with van der Waals surface area (Å²) < 4.78 is 15.9. The molecule has 1 heterocycles. The van der Waals surface area contributed by atoms with E-state index >= 15 is 0 Å². The molecule has 0 radical (unpaired) electrons. The average Bonchev–Trinajstić information content (AvgIpc) is 2.66. The molecule has 3 rings (SSSR count). The molecule has 0 aliphatic carbocycles. The van der Waals surface area contributed by atoms with Gasteiger partial charge in [-0.1, -0.05) is 23.7 Å². The van der Waals surface area contributed by atoms with Crippen LogP contribution in [0.4, 0.5) is 5.69 Å². The van der Waals surface area contributed by atoms with Crippen LogP contribution in [0.3, 0.4) is 0 Å². The maximum absolute atomic E-state index is 12.8. The van der Waals surface area contributed by atoms with Crippen LogP contribution in [0.25, 0.3) is 0 Å². The Hall–Kier alpha value is -2.73.